The molecule has 14 heavy (non-hydrogen) atoms. The molecule has 0 saturated carbocycles. The van der Waals surface area contributed by atoms with Gasteiger partial charge in [-0.2, -0.15) is 5.26 Å². The molecule has 0 aliphatic heterocycles. The van der Waals surface area contributed by atoms with Crippen LogP contribution in [-0.4, -0.2) is 10.7 Å². The molecule has 0 heterocycles. The maximum Gasteiger partial charge on any atom is 0.155 e. The summed E-state index contributed by atoms with van der Waals surface area (Å²) < 4.78 is 13.3. The van der Waals surface area contributed by atoms with Gasteiger partial charge in [0.05, 0.1) is 6.07 Å². The zero-order valence-corrected chi connectivity index (χ0v) is 7.63. The van der Waals surface area contributed by atoms with E-state index in [2.05, 4.69) is 0 Å². The lowest BCUT2D eigenvalue weighted by molar-refractivity contribution is 0.0827. The van der Waals surface area contributed by atoms with Crippen molar-refractivity contribution in [1.82, 2.24) is 0 Å². The summed E-state index contributed by atoms with van der Waals surface area (Å²) in [5, 5.41) is 18.5. The molecular formula is C11H10FNO. The first-order chi connectivity index (χ1) is 6.64. The highest BCUT2D eigenvalue weighted by atomic mass is 19.1. The molecule has 1 aliphatic rings. The molecule has 72 valence electrons. The number of hydrogen-bond donors (Lipinski definition) is 1. The van der Waals surface area contributed by atoms with Gasteiger partial charge in [-0.05, 0) is 30.0 Å². The van der Waals surface area contributed by atoms with E-state index in [1.165, 1.54) is 6.07 Å². The summed E-state index contributed by atoms with van der Waals surface area (Å²) in [6, 6.07) is 6.70. The second-order valence-corrected chi connectivity index (χ2v) is 3.70. The predicted molar refractivity (Wildman–Crippen MR) is 49.0 cm³/mol. The minimum atomic E-state index is -1.38. The number of nitrogens with zero attached hydrogens (tertiary/aromatic N) is 1. The lowest BCUT2D eigenvalue weighted by Crippen LogP contribution is -2.34. The highest BCUT2D eigenvalue weighted by molar-refractivity contribution is 5.34. The normalized spacial score (nSPS) is 25.2. The molecule has 0 spiro atoms. The number of aliphatic hydroxyl groups is 1. The molecule has 1 aliphatic carbocycles. The van der Waals surface area contributed by atoms with Crippen molar-refractivity contribution in [3.8, 4) is 6.07 Å². The van der Waals surface area contributed by atoms with E-state index in [4.69, 9.17) is 5.26 Å². The van der Waals surface area contributed by atoms with Crippen LogP contribution >= 0.6 is 0 Å². The molecule has 1 aromatic rings. The number of halogens is 1. The van der Waals surface area contributed by atoms with Crippen molar-refractivity contribution in [3.63, 3.8) is 0 Å². The Hall–Kier alpha value is -1.40. The van der Waals surface area contributed by atoms with E-state index < -0.39 is 5.60 Å². The minimum Gasteiger partial charge on any atom is -0.375 e. The second kappa shape index (κ2) is 3.07. The molecule has 1 N–H and O–H groups in total. The molecule has 0 saturated heterocycles. The Morgan fingerprint density at radius 3 is 3.00 bits per heavy atom. The minimum absolute atomic E-state index is 0.103. The summed E-state index contributed by atoms with van der Waals surface area (Å²) in [6.45, 7) is 0. The summed E-state index contributed by atoms with van der Waals surface area (Å²) in [7, 11) is 0. The van der Waals surface area contributed by atoms with Crippen LogP contribution < -0.4 is 0 Å². The number of fused-ring (bicyclic) bond motifs is 1. The number of benzene rings is 1. The zero-order chi connectivity index (χ0) is 10.2. The number of rotatable bonds is 0. The first kappa shape index (κ1) is 9.17. The van der Waals surface area contributed by atoms with Gasteiger partial charge in [0, 0.05) is 6.42 Å². The van der Waals surface area contributed by atoms with E-state index in [9.17, 15) is 9.50 Å². The van der Waals surface area contributed by atoms with Gasteiger partial charge in [0.25, 0.3) is 0 Å². The van der Waals surface area contributed by atoms with Crippen LogP contribution in [0.15, 0.2) is 18.2 Å². The average Bonchev–Trinajstić information content (AvgIpc) is 2.20. The molecule has 0 radical (unpaired) electrons. The molecule has 0 aromatic heterocycles. The monoisotopic (exact) mass is 191 g/mol. The van der Waals surface area contributed by atoms with Crippen LogP contribution in [0.1, 0.15) is 17.5 Å². The van der Waals surface area contributed by atoms with Crippen LogP contribution in [0.25, 0.3) is 0 Å². The van der Waals surface area contributed by atoms with E-state index >= 15 is 0 Å². The van der Waals surface area contributed by atoms with Gasteiger partial charge in [-0.1, -0.05) is 12.1 Å². The molecule has 2 nitrogen and oxygen atoms in total. The molecule has 1 atom stereocenters. The third-order valence-electron chi connectivity index (χ3n) is 2.70. The summed E-state index contributed by atoms with van der Waals surface area (Å²) in [5.74, 6) is -0.323. The van der Waals surface area contributed by atoms with Crippen LogP contribution in [-0.2, 0) is 12.8 Å². The molecule has 1 aromatic carbocycles. The Bertz CT molecular complexity index is 410. The van der Waals surface area contributed by atoms with Gasteiger partial charge in [-0.3, -0.25) is 0 Å². The second-order valence-electron chi connectivity index (χ2n) is 3.70. The molecule has 1 unspecified atom stereocenters. The van der Waals surface area contributed by atoms with Crippen LogP contribution in [0, 0.1) is 17.1 Å². The largest absolute Gasteiger partial charge is 0.375 e. The number of aryl methyl sites for hydroxylation is 1. The smallest absolute Gasteiger partial charge is 0.155 e. The lowest BCUT2D eigenvalue weighted by Gasteiger charge is -2.27. The Morgan fingerprint density at radius 1 is 1.50 bits per heavy atom. The van der Waals surface area contributed by atoms with Crippen molar-refractivity contribution in [1.29, 1.82) is 5.26 Å². The van der Waals surface area contributed by atoms with Gasteiger partial charge in [0.1, 0.15) is 5.82 Å². The van der Waals surface area contributed by atoms with Gasteiger partial charge < -0.3 is 5.11 Å². The first-order valence-electron chi connectivity index (χ1n) is 4.54. The van der Waals surface area contributed by atoms with Gasteiger partial charge in [-0.25, -0.2) is 4.39 Å². The Morgan fingerprint density at radius 2 is 2.29 bits per heavy atom. The maximum absolute atomic E-state index is 13.3. The molecular weight excluding hydrogens is 181 g/mol. The highest BCUT2D eigenvalue weighted by Gasteiger charge is 2.33. The van der Waals surface area contributed by atoms with Crippen LogP contribution in [0.5, 0.6) is 0 Å². The average molecular weight is 191 g/mol. The summed E-state index contributed by atoms with van der Waals surface area (Å²) in [6.07, 6.45) is 1.06. The van der Waals surface area contributed by atoms with E-state index in [1.807, 2.05) is 12.1 Å². The maximum atomic E-state index is 13.3. The molecule has 0 bridgehead atoms. The Labute approximate surface area is 81.6 Å². The van der Waals surface area contributed by atoms with Crippen LogP contribution in [0.3, 0.4) is 0 Å². The fourth-order valence-corrected chi connectivity index (χ4v) is 1.85. The number of nitriles is 1. The van der Waals surface area contributed by atoms with E-state index in [0.29, 0.717) is 18.4 Å². The van der Waals surface area contributed by atoms with Gasteiger partial charge >= 0.3 is 0 Å². The van der Waals surface area contributed by atoms with Gasteiger partial charge in [0.15, 0.2) is 5.60 Å². The fraction of sp³-hybridized carbons (Fsp3) is 0.364. The zero-order valence-electron chi connectivity index (χ0n) is 7.63. The molecule has 3 heteroatoms. The summed E-state index contributed by atoms with van der Waals surface area (Å²) in [4.78, 5) is 0. The Kier molecular flexibility index (Phi) is 2.01. The molecule has 2 rings (SSSR count). The molecule has 0 amide bonds. The van der Waals surface area contributed by atoms with Crippen molar-refractivity contribution in [2.75, 3.05) is 0 Å². The topological polar surface area (TPSA) is 44.0 Å². The lowest BCUT2D eigenvalue weighted by atomic mass is 9.81. The SMILES string of the molecule is N#CC1(O)CCc2cccc(F)c2C1. The Balaban J connectivity index is 2.44. The fourth-order valence-electron chi connectivity index (χ4n) is 1.85. The highest BCUT2D eigenvalue weighted by Crippen LogP contribution is 2.29. The van der Waals surface area contributed by atoms with Crippen molar-refractivity contribution < 1.29 is 9.50 Å². The van der Waals surface area contributed by atoms with Crippen molar-refractivity contribution in [2.45, 2.75) is 24.9 Å². The van der Waals surface area contributed by atoms with Crippen LogP contribution in [0.2, 0.25) is 0 Å². The first-order valence-corrected chi connectivity index (χ1v) is 4.54. The third-order valence-corrected chi connectivity index (χ3v) is 2.70. The quantitative estimate of drug-likeness (QED) is 0.632. The number of hydrogen-bond acceptors (Lipinski definition) is 2. The summed E-state index contributed by atoms with van der Waals surface area (Å²) >= 11 is 0. The van der Waals surface area contributed by atoms with E-state index in [0.717, 1.165) is 5.56 Å². The van der Waals surface area contributed by atoms with E-state index in [1.54, 1.807) is 6.07 Å². The third kappa shape index (κ3) is 1.38. The van der Waals surface area contributed by atoms with Crippen molar-refractivity contribution in [2.24, 2.45) is 0 Å². The van der Waals surface area contributed by atoms with Gasteiger partial charge in [-0.15, -0.1) is 0 Å². The van der Waals surface area contributed by atoms with Crippen molar-refractivity contribution >= 4 is 0 Å². The predicted octanol–water partition coefficient (Wildman–Crippen LogP) is 1.57. The van der Waals surface area contributed by atoms with Crippen LogP contribution in [0.4, 0.5) is 4.39 Å². The van der Waals surface area contributed by atoms with Crippen molar-refractivity contribution in [3.05, 3.63) is 35.1 Å². The van der Waals surface area contributed by atoms with E-state index in [-0.39, 0.29) is 12.2 Å². The summed E-state index contributed by atoms with van der Waals surface area (Å²) in [5.41, 5.74) is 0.0163. The van der Waals surface area contributed by atoms with Gasteiger partial charge in [0.2, 0.25) is 0 Å². The standard InChI is InChI=1S/C11H10FNO/c12-10-3-1-2-8-4-5-11(14,7-13)6-9(8)10/h1-3,14H,4-6H2. The molecule has 0 fully saturated rings.